The molecule has 2 aromatic carbocycles. The van der Waals surface area contributed by atoms with Gasteiger partial charge in [0.2, 0.25) is 15.9 Å². The van der Waals surface area contributed by atoms with E-state index in [1.165, 1.54) is 46.8 Å². The van der Waals surface area contributed by atoms with Crippen LogP contribution >= 0.6 is 0 Å². The van der Waals surface area contributed by atoms with E-state index in [9.17, 15) is 17.6 Å². The number of morpholine rings is 1. The number of carbonyl (C=O) groups is 1. The molecule has 31 heavy (non-hydrogen) atoms. The Morgan fingerprint density at radius 3 is 2.42 bits per heavy atom. The number of nitrogens with zero attached hydrogens (tertiary/aromatic N) is 1. The van der Waals surface area contributed by atoms with Crippen LogP contribution in [-0.4, -0.2) is 44.9 Å². The van der Waals surface area contributed by atoms with Crippen molar-refractivity contribution in [3.63, 3.8) is 0 Å². The maximum Gasteiger partial charge on any atom is 0.243 e. The number of ether oxygens (including phenoxy) is 2. The van der Waals surface area contributed by atoms with E-state index in [1.807, 2.05) is 0 Å². The van der Waals surface area contributed by atoms with Gasteiger partial charge in [-0.3, -0.25) is 4.79 Å². The van der Waals surface area contributed by atoms with Crippen LogP contribution in [0.15, 0.2) is 47.4 Å². The van der Waals surface area contributed by atoms with Gasteiger partial charge in [-0.1, -0.05) is 12.8 Å². The van der Waals surface area contributed by atoms with Gasteiger partial charge < -0.3 is 14.8 Å². The molecule has 0 aromatic heterocycles. The number of rotatable bonds is 6. The standard InChI is InChI=1S/C22H25FN2O5S/c23-17-5-7-18(8-6-17)30-21-10-9-19(31(27,28)25-11-13-29-14-12-25)15-20(21)24-22(26)16-3-1-2-4-16/h5-10,15-16H,1-4,11-14H2,(H,24,26). The fourth-order valence-corrected chi connectivity index (χ4v) is 5.28. The Bertz CT molecular complexity index is 1030. The summed E-state index contributed by atoms with van der Waals surface area (Å²) in [5.41, 5.74) is 0.274. The van der Waals surface area contributed by atoms with E-state index in [2.05, 4.69) is 5.32 Å². The number of halogens is 1. The zero-order valence-electron chi connectivity index (χ0n) is 17.1. The van der Waals surface area contributed by atoms with Crippen LogP contribution in [0.5, 0.6) is 11.5 Å². The van der Waals surface area contributed by atoms with Gasteiger partial charge in [-0.2, -0.15) is 4.31 Å². The first kappa shape index (κ1) is 21.7. The SMILES string of the molecule is O=C(Nc1cc(S(=O)(=O)N2CCOCC2)ccc1Oc1ccc(F)cc1)C1CCCC1. The number of amides is 1. The van der Waals surface area contributed by atoms with Crippen molar-refractivity contribution in [1.29, 1.82) is 0 Å². The van der Waals surface area contributed by atoms with Crippen LogP contribution in [0.25, 0.3) is 0 Å². The lowest BCUT2D eigenvalue weighted by Crippen LogP contribution is -2.40. The molecular formula is C22H25FN2O5S. The van der Waals surface area contributed by atoms with Gasteiger partial charge in [-0.15, -0.1) is 0 Å². The highest BCUT2D eigenvalue weighted by molar-refractivity contribution is 7.89. The highest BCUT2D eigenvalue weighted by Gasteiger charge is 2.28. The maximum absolute atomic E-state index is 13.2. The van der Waals surface area contributed by atoms with Crippen molar-refractivity contribution in [2.75, 3.05) is 31.6 Å². The average Bonchev–Trinajstić information content (AvgIpc) is 3.32. The van der Waals surface area contributed by atoms with Crippen molar-refractivity contribution in [3.05, 3.63) is 48.3 Å². The number of benzene rings is 2. The topological polar surface area (TPSA) is 84.9 Å². The number of hydrogen-bond donors (Lipinski definition) is 1. The molecule has 9 heteroatoms. The van der Waals surface area contributed by atoms with Gasteiger partial charge in [0, 0.05) is 19.0 Å². The number of carbonyl (C=O) groups excluding carboxylic acids is 1. The predicted molar refractivity (Wildman–Crippen MR) is 113 cm³/mol. The molecule has 0 spiro atoms. The minimum Gasteiger partial charge on any atom is -0.455 e. The molecule has 1 aliphatic carbocycles. The second-order valence-corrected chi connectivity index (χ2v) is 9.64. The summed E-state index contributed by atoms with van der Waals surface area (Å²) in [5.74, 6) is 0.0232. The lowest BCUT2D eigenvalue weighted by atomic mass is 10.1. The summed E-state index contributed by atoms with van der Waals surface area (Å²) < 4.78 is 51.8. The summed E-state index contributed by atoms with van der Waals surface area (Å²) in [6.07, 6.45) is 3.63. The second-order valence-electron chi connectivity index (χ2n) is 7.70. The highest BCUT2D eigenvalue weighted by atomic mass is 32.2. The van der Waals surface area contributed by atoms with E-state index < -0.39 is 15.8 Å². The summed E-state index contributed by atoms with van der Waals surface area (Å²) in [7, 11) is -3.74. The minimum atomic E-state index is -3.74. The monoisotopic (exact) mass is 448 g/mol. The van der Waals surface area contributed by atoms with Crippen LogP contribution in [0.1, 0.15) is 25.7 Å². The van der Waals surface area contributed by atoms with Gasteiger partial charge >= 0.3 is 0 Å². The fourth-order valence-electron chi connectivity index (χ4n) is 3.84. The first-order valence-electron chi connectivity index (χ1n) is 10.4. The lowest BCUT2D eigenvalue weighted by Gasteiger charge is -2.26. The maximum atomic E-state index is 13.2. The van der Waals surface area contributed by atoms with Crippen molar-refractivity contribution in [2.24, 2.45) is 5.92 Å². The quantitative estimate of drug-likeness (QED) is 0.727. The molecule has 1 N–H and O–H groups in total. The van der Waals surface area contributed by atoms with Crippen molar-refractivity contribution in [3.8, 4) is 11.5 Å². The van der Waals surface area contributed by atoms with Gasteiger partial charge in [-0.25, -0.2) is 12.8 Å². The number of hydrogen-bond acceptors (Lipinski definition) is 5. The molecular weight excluding hydrogens is 423 g/mol. The zero-order chi connectivity index (χ0) is 21.8. The van der Waals surface area contributed by atoms with Gasteiger partial charge in [0.05, 0.1) is 23.8 Å². The van der Waals surface area contributed by atoms with Gasteiger partial charge in [0.15, 0.2) is 5.75 Å². The summed E-state index contributed by atoms with van der Waals surface area (Å²) in [6.45, 7) is 1.24. The largest absolute Gasteiger partial charge is 0.455 e. The van der Waals surface area contributed by atoms with E-state index in [0.29, 0.717) is 24.7 Å². The molecule has 2 aliphatic rings. The number of anilines is 1. The van der Waals surface area contributed by atoms with Crippen LogP contribution in [0.4, 0.5) is 10.1 Å². The summed E-state index contributed by atoms with van der Waals surface area (Å²) in [5, 5.41) is 2.85. The molecule has 0 unspecified atom stereocenters. The van der Waals surface area contributed by atoms with Crippen LogP contribution in [0, 0.1) is 11.7 Å². The zero-order valence-corrected chi connectivity index (χ0v) is 17.9. The Balaban J connectivity index is 1.65. The van der Waals surface area contributed by atoms with Crippen molar-refractivity contribution in [2.45, 2.75) is 30.6 Å². The molecule has 0 bridgehead atoms. The molecule has 2 aromatic rings. The summed E-state index contributed by atoms with van der Waals surface area (Å²) >= 11 is 0. The average molecular weight is 449 g/mol. The molecule has 1 aliphatic heterocycles. The van der Waals surface area contributed by atoms with Crippen molar-refractivity contribution in [1.82, 2.24) is 4.31 Å². The Labute approximate surface area is 181 Å². The molecule has 4 rings (SSSR count). The van der Waals surface area contributed by atoms with E-state index in [0.717, 1.165) is 25.7 Å². The van der Waals surface area contributed by atoms with Gasteiger partial charge in [0.1, 0.15) is 11.6 Å². The van der Waals surface area contributed by atoms with Crippen LogP contribution in [-0.2, 0) is 19.6 Å². The van der Waals surface area contributed by atoms with Crippen LogP contribution in [0.3, 0.4) is 0 Å². The molecule has 7 nitrogen and oxygen atoms in total. The van der Waals surface area contributed by atoms with Gasteiger partial charge in [0.25, 0.3) is 0 Å². The van der Waals surface area contributed by atoms with Crippen LogP contribution in [0.2, 0.25) is 0 Å². The third-order valence-electron chi connectivity index (χ3n) is 5.58. The molecule has 0 radical (unpaired) electrons. The number of sulfonamides is 1. The summed E-state index contributed by atoms with van der Waals surface area (Å²) in [6, 6.07) is 9.87. The third kappa shape index (κ3) is 5.06. The lowest BCUT2D eigenvalue weighted by molar-refractivity contribution is -0.119. The first-order valence-corrected chi connectivity index (χ1v) is 11.8. The molecule has 166 valence electrons. The van der Waals surface area contributed by atoms with Crippen molar-refractivity contribution >= 4 is 21.6 Å². The van der Waals surface area contributed by atoms with Crippen molar-refractivity contribution < 1.29 is 27.1 Å². The molecule has 0 atom stereocenters. The predicted octanol–water partition coefficient (Wildman–Crippen LogP) is 3.77. The molecule has 1 saturated carbocycles. The highest BCUT2D eigenvalue weighted by Crippen LogP contribution is 2.34. The number of nitrogens with one attached hydrogen (secondary N) is 1. The molecule has 1 heterocycles. The van der Waals surface area contributed by atoms with E-state index in [1.54, 1.807) is 0 Å². The Morgan fingerprint density at radius 1 is 1.06 bits per heavy atom. The normalized spacial score (nSPS) is 18.1. The third-order valence-corrected chi connectivity index (χ3v) is 7.48. The smallest absolute Gasteiger partial charge is 0.243 e. The summed E-state index contributed by atoms with van der Waals surface area (Å²) in [4.78, 5) is 12.8. The second kappa shape index (κ2) is 9.33. The fraction of sp³-hybridized carbons (Fsp3) is 0.409. The Kier molecular flexibility index (Phi) is 6.54. The van der Waals surface area contributed by atoms with E-state index in [-0.39, 0.29) is 35.5 Å². The Hall–Kier alpha value is -2.49. The van der Waals surface area contributed by atoms with E-state index >= 15 is 0 Å². The first-order chi connectivity index (χ1) is 14.9. The molecule has 1 amide bonds. The van der Waals surface area contributed by atoms with Crippen LogP contribution < -0.4 is 10.1 Å². The molecule has 2 fully saturated rings. The Morgan fingerprint density at radius 2 is 1.74 bits per heavy atom. The minimum absolute atomic E-state index is 0.0718. The molecule has 1 saturated heterocycles. The van der Waals surface area contributed by atoms with Gasteiger partial charge in [-0.05, 0) is 55.3 Å². The van der Waals surface area contributed by atoms with E-state index in [4.69, 9.17) is 9.47 Å².